The zero-order chi connectivity index (χ0) is 25.0. The van der Waals surface area contributed by atoms with E-state index >= 15 is 0 Å². The number of nitrogens with one attached hydrogen (secondary N) is 1. The Labute approximate surface area is 201 Å². The molecule has 3 N–H and O–H groups in total. The number of hydrogen-bond acceptors (Lipinski definition) is 6. The van der Waals surface area contributed by atoms with Gasteiger partial charge in [0.25, 0.3) is 0 Å². The van der Waals surface area contributed by atoms with Crippen molar-refractivity contribution in [3.63, 3.8) is 0 Å². The zero-order valence-corrected chi connectivity index (χ0v) is 20.7. The van der Waals surface area contributed by atoms with Gasteiger partial charge in [0.15, 0.2) is 17.3 Å². The van der Waals surface area contributed by atoms with E-state index in [1.165, 1.54) is 0 Å². The van der Waals surface area contributed by atoms with Gasteiger partial charge in [-0.2, -0.15) is 0 Å². The number of benzene rings is 1. The van der Waals surface area contributed by atoms with Gasteiger partial charge < -0.3 is 20.1 Å². The lowest BCUT2D eigenvalue weighted by molar-refractivity contribution is -0.118. The fourth-order valence-corrected chi connectivity index (χ4v) is 3.96. The molecule has 1 aromatic carbocycles. The first kappa shape index (κ1) is 25.2. The zero-order valence-electron chi connectivity index (χ0n) is 20.7. The maximum atomic E-state index is 13.4. The van der Waals surface area contributed by atoms with Crippen LogP contribution in [0.4, 0.5) is 0 Å². The van der Waals surface area contributed by atoms with Gasteiger partial charge >= 0.3 is 0 Å². The summed E-state index contributed by atoms with van der Waals surface area (Å²) in [6, 6.07) is 7.49. The number of ketones is 1. The summed E-state index contributed by atoms with van der Waals surface area (Å²) in [5, 5.41) is 8.54. The van der Waals surface area contributed by atoms with Crippen LogP contribution in [0.25, 0.3) is 0 Å². The molecule has 8 nitrogen and oxygen atoms in total. The summed E-state index contributed by atoms with van der Waals surface area (Å²) < 4.78 is 11.6. The van der Waals surface area contributed by atoms with Crippen LogP contribution in [0.5, 0.6) is 11.5 Å². The Bertz CT molecular complexity index is 1100. The highest BCUT2D eigenvalue weighted by Crippen LogP contribution is 2.40. The molecule has 1 aliphatic heterocycles. The molecule has 0 radical (unpaired) electrons. The van der Waals surface area contributed by atoms with Crippen molar-refractivity contribution in [1.29, 1.82) is 5.41 Å². The van der Waals surface area contributed by atoms with Gasteiger partial charge in [0.05, 0.1) is 20.3 Å². The van der Waals surface area contributed by atoms with Gasteiger partial charge in [0.1, 0.15) is 11.5 Å². The van der Waals surface area contributed by atoms with Crippen molar-refractivity contribution in [1.82, 2.24) is 9.88 Å². The number of ether oxygens (including phenoxy) is 2. The molecule has 2 aromatic rings. The van der Waals surface area contributed by atoms with E-state index < -0.39 is 0 Å². The second-order valence-corrected chi connectivity index (χ2v) is 9.52. The maximum absolute atomic E-state index is 13.4. The van der Waals surface area contributed by atoms with Gasteiger partial charge in [-0.3, -0.25) is 15.0 Å². The number of amidine groups is 1. The lowest BCUT2D eigenvalue weighted by Crippen LogP contribution is -2.30. The number of carbonyl (C=O) groups excluding carboxylic acids is 2. The van der Waals surface area contributed by atoms with Gasteiger partial charge in [0.2, 0.25) is 5.91 Å². The number of hydrogen-bond donors (Lipinski definition) is 2. The van der Waals surface area contributed by atoms with Crippen LogP contribution >= 0.6 is 0 Å². The Morgan fingerprint density at radius 3 is 2.59 bits per heavy atom. The van der Waals surface area contributed by atoms with Crippen molar-refractivity contribution >= 4 is 17.5 Å². The molecule has 8 heteroatoms. The van der Waals surface area contributed by atoms with E-state index in [1.54, 1.807) is 18.1 Å². The third-order valence-corrected chi connectivity index (χ3v) is 5.85. The first-order chi connectivity index (χ1) is 16.0. The number of fused-ring (bicyclic) bond motifs is 1. The molecule has 0 saturated heterocycles. The molecular formula is C26H34N4O4. The fourth-order valence-electron chi connectivity index (χ4n) is 3.96. The molecule has 0 spiro atoms. The number of methoxy groups -OCH3 is 1. The minimum atomic E-state index is -0.385. The maximum Gasteiger partial charge on any atom is 0.217 e. The Kier molecular flexibility index (Phi) is 7.59. The van der Waals surface area contributed by atoms with Gasteiger partial charge in [-0.15, -0.1) is 0 Å². The van der Waals surface area contributed by atoms with Crippen LogP contribution in [0.15, 0.2) is 24.3 Å². The first-order valence-electron chi connectivity index (χ1n) is 11.5. The van der Waals surface area contributed by atoms with Crippen LogP contribution < -0.4 is 15.2 Å². The van der Waals surface area contributed by atoms with Gasteiger partial charge in [-0.25, -0.2) is 4.98 Å². The number of primary amides is 1. The number of nitrogens with two attached hydrogens (primary N) is 1. The highest BCUT2D eigenvalue weighted by atomic mass is 16.5. The molecule has 0 fully saturated rings. The Balaban J connectivity index is 1.86. The molecule has 1 aliphatic rings. The molecule has 34 heavy (non-hydrogen) atoms. The van der Waals surface area contributed by atoms with Crippen molar-refractivity contribution in [2.24, 2.45) is 5.73 Å². The van der Waals surface area contributed by atoms with E-state index in [2.05, 4.69) is 4.98 Å². The van der Waals surface area contributed by atoms with Crippen molar-refractivity contribution in [3.8, 4) is 11.5 Å². The van der Waals surface area contributed by atoms with Gasteiger partial charge in [0, 0.05) is 35.3 Å². The van der Waals surface area contributed by atoms with E-state index in [9.17, 15) is 9.59 Å². The smallest absolute Gasteiger partial charge is 0.217 e. The average Bonchev–Trinajstić information content (AvgIpc) is 3.09. The highest BCUT2D eigenvalue weighted by molar-refractivity contribution is 6.04. The molecule has 3 rings (SSSR count). The molecule has 182 valence electrons. The first-order valence-corrected chi connectivity index (χ1v) is 11.5. The highest BCUT2D eigenvalue weighted by Gasteiger charge is 2.29. The largest absolute Gasteiger partial charge is 0.493 e. The SMILES string of the molecule is CCc1ccc2c(n1)C(=N)N(CC(=O)c1cc(OCCCC(N)=O)c(OC)c(C(C)(C)C)c1)C2. The van der Waals surface area contributed by atoms with Crippen LogP contribution in [0.2, 0.25) is 0 Å². The molecule has 0 aliphatic carbocycles. The second-order valence-electron chi connectivity index (χ2n) is 9.52. The van der Waals surface area contributed by atoms with E-state index in [-0.39, 0.29) is 42.5 Å². The minimum Gasteiger partial charge on any atom is -0.493 e. The Hall–Kier alpha value is -3.42. The van der Waals surface area contributed by atoms with E-state index in [0.717, 1.165) is 23.2 Å². The molecule has 2 heterocycles. The summed E-state index contributed by atoms with van der Waals surface area (Å²) in [7, 11) is 1.57. The van der Waals surface area contributed by atoms with Crippen molar-refractivity contribution in [2.45, 2.75) is 58.9 Å². The molecule has 0 bridgehead atoms. The summed E-state index contributed by atoms with van der Waals surface area (Å²) in [5.41, 5.74) is 8.79. The number of nitrogens with zero attached hydrogens (tertiary/aromatic N) is 2. The Morgan fingerprint density at radius 2 is 1.97 bits per heavy atom. The van der Waals surface area contributed by atoms with Gasteiger partial charge in [-0.1, -0.05) is 33.8 Å². The molecule has 0 unspecified atom stereocenters. The van der Waals surface area contributed by atoms with Crippen LogP contribution in [0.1, 0.15) is 73.4 Å². The molecule has 0 atom stereocenters. The summed E-state index contributed by atoms with van der Waals surface area (Å²) in [4.78, 5) is 30.7. The Morgan fingerprint density at radius 1 is 1.24 bits per heavy atom. The number of aromatic nitrogens is 1. The minimum absolute atomic E-state index is 0.0632. The van der Waals surface area contributed by atoms with Crippen molar-refractivity contribution in [3.05, 3.63) is 52.3 Å². The summed E-state index contributed by atoms with van der Waals surface area (Å²) in [6.45, 7) is 8.97. The third kappa shape index (κ3) is 5.55. The fraction of sp³-hybridized carbons (Fsp3) is 0.462. The topological polar surface area (TPSA) is 119 Å². The number of carbonyl (C=O) groups is 2. The lowest BCUT2D eigenvalue weighted by Gasteiger charge is -2.25. The lowest BCUT2D eigenvalue weighted by atomic mass is 9.84. The summed E-state index contributed by atoms with van der Waals surface area (Å²) in [5.74, 6) is 0.788. The predicted octanol–water partition coefficient (Wildman–Crippen LogP) is 3.62. The van der Waals surface area contributed by atoms with Crippen LogP contribution in [0, 0.1) is 5.41 Å². The third-order valence-electron chi connectivity index (χ3n) is 5.85. The second kappa shape index (κ2) is 10.2. The van der Waals surface area contributed by atoms with Crippen molar-refractivity contribution in [2.75, 3.05) is 20.3 Å². The standard InChI is InChI=1S/C26H34N4O4/c1-6-18-10-9-16-14-30(25(28)23(16)29-18)15-20(31)17-12-19(26(2,3)4)24(33-5)21(13-17)34-11-7-8-22(27)32/h9-10,12-13,28H,6-8,11,14-15H2,1-5H3,(H2,27,32). The molecule has 1 aromatic heterocycles. The summed E-state index contributed by atoms with van der Waals surface area (Å²) in [6.07, 6.45) is 1.49. The van der Waals surface area contributed by atoms with E-state index in [0.29, 0.717) is 35.7 Å². The molecular weight excluding hydrogens is 432 g/mol. The van der Waals surface area contributed by atoms with E-state index in [4.69, 9.17) is 20.6 Å². The van der Waals surface area contributed by atoms with Crippen LogP contribution in [-0.2, 0) is 23.2 Å². The van der Waals surface area contributed by atoms with E-state index in [1.807, 2.05) is 45.9 Å². The number of Topliss-reactive ketones (excluding diaryl/α,β-unsaturated/α-hetero) is 1. The average molecular weight is 467 g/mol. The number of amides is 1. The monoisotopic (exact) mass is 466 g/mol. The van der Waals surface area contributed by atoms with Crippen molar-refractivity contribution < 1.29 is 19.1 Å². The quantitative estimate of drug-likeness (QED) is 0.408. The number of aryl methyl sites for hydroxylation is 1. The molecule has 0 saturated carbocycles. The number of pyridine rings is 1. The summed E-state index contributed by atoms with van der Waals surface area (Å²) >= 11 is 0. The van der Waals surface area contributed by atoms with Gasteiger partial charge in [-0.05, 0) is 36.5 Å². The predicted molar refractivity (Wildman–Crippen MR) is 131 cm³/mol. The number of rotatable bonds is 10. The van der Waals surface area contributed by atoms with Crippen LogP contribution in [-0.4, -0.2) is 47.7 Å². The molecule has 1 amide bonds. The van der Waals surface area contributed by atoms with Crippen LogP contribution in [0.3, 0.4) is 0 Å². The normalized spacial score (nSPS) is 13.1.